The summed E-state index contributed by atoms with van der Waals surface area (Å²) in [6.45, 7) is 1.34. The normalized spacial score (nSPS) is 27.1. The van der Waals surface area contributed by atoms with Crippen LogP contribution in [0.25, 0.3) is 0 Å². The molecule has 0 aromatic heterocycles. The Balaban J connectivity index is 1.49. The summed E-state index contributed by atoms with van der Waals surface area (Å²) in [6.07, 6.45) is 4.52. The highest BCUT2D eigenvalue weighted by molar-refractivity contribution is 5.88. The van der Waals surface area contributed by atoms with E-state index in [4.69, 9.17) is 5.11 Å². The molecule has 1 N–H and O–H groups in total. The maximum Gasteiger partial charge on any atom is 0.335 e. The first-order chi connectivity index (χ1) is 10.1. The zero-order chi connectivity index (χ0) is 14.6. The SMILES string of the molecule is O=C(O)c1ccc2c(c1)CN(C(=O)C1CC1C1CC1)CC2. The average molecular weight is 285 g/mol. The molecule has 1 aliphatic heterocycles. The van der Waals surface area contributed by atoms with Gasteiger partial charge in [-0.25, -0.2) is 4.79 Å². The van der Waals surface area contributed by atoms with Gasteiger partial charge in [-0.3, -0.25) is 4.79 Å². The van der Waals surface area contributed by atoms with Crippen molar-refractivity contribution < 1.29 is 14.7 Å². The van der Waals surface area contributed by atoms with Gasteiger partial charge >= 0.3 is 5.97 Å². The number of hydrogen-bond acceptors (Lipinski definition) is 2. The molecule has 2 atom stereocenters. The summed E-state index contributed by atoms with van der Waals surface area (Å²) >= 11 is 0. The Morgan fingerprint density at radius 2 is 2.00 bits per heavy atom. The maximum atomic E-state index is 12.5. The quantitative estimate of drug-likeness (QED) is 0.927. The van der Waals surface area contributed by atoms with Crippen LogP contribution in [0.4, 0.5) is 0 Å². The van der Waals surface area contributed by atoms with E-state index in [1.165, 1.54) is 18.4 Å². The van der Waals surface area contributed by atoms with Gasteiger partial charge in [0.2, 0.25) is 5.91 Å². The zero-order valence-electron chi connectivity index (χ0n) is 11.9. The minimum atomic E-state index is -0.905. The van der Waals surface area contributed by atoms with E-state index in [0.717, 1.165) is 30.9 Å². The molecule has 110 valence electrons. The molecule has 0 saturated heterocycles. The van der Waals surface area contributed by atoms with Gasteiger partial charge in [-0.05, 0) is 60.8 Å². The number of carbonyl (C=O) groups is 2. The molecule has 0 radical (unpaired) electrons. The molecule has 4 rings (SSSR count). The van der Waals surface area contributed by atoms with Gasteiger partial charge in [0.1, 0.15) is 0 Å². The van der Waals surface area contributed by atoms with Gasteiger partial charge in [0.15, 0.2) is 0 Å². The molecular weight excluding hydrogens is 266 g/mol. The molecule has 0 spiro atoms. The maximum absolute atomic E-state index is 12.5. The van der Waals surface area contributed by atoms with Gasteiger partial charge in [0, 0.05) is 19.0 Å². The number of amides is 1. The lowest BCUT2D eigenvalue weighted by Gasteiger charge is -2.29. The second-order valence-corrected chi connectivity index (χ2v) is 6.64. The monoisotopic (exact) mass is 285 g/mol. The Morgan fingerprint density at radius 3 is 2.71 bits per heavy atom. The fourth-order valence-electron chi connectivity index (χ4n) is 3.66. The molecule has 1 aromatic carbocycles. The average Bonchev–Trinajstić information content (AvgIpc) is 3.37. The number of carboxylic acids is 1. The third-order valence-corrected chi connectivity index (χ3v) is 5.16. The van der Waals surface area contributed by atoms with Gasteiger partial charge in [0.05, 0.1) is 5.56 Å². The predicted octanol–water partition coefficient (Wildman–Crippen LogP) is 2.32. The molecule has 0 bridgehead atoms. The minimum Gasteiger partial charge on any atom is -0.478 e. The standard InChI is InChI=1S/C17H19NO3/c19-16(15-8-14(15)11-2-3-11)18-6-5-10-1-4-12(17(20)21)7-13(10)9-18/h1,4,7,11,14-15H,2-3,5-6,8-9H2,(H,20,21). The van der Waals surface area contributed by atoms with Crippen LogP contribution in [-0.2, 0) is 17.8 Å². The van der Waals surface area contributed by atoms with Crippen molar-refractivity contribution in [3.05, 3.63) is 34.9 Å². The molecule has 1 aromatic rings. The van der Waals surface area contributed by atoms with Crippen LogP contribution in [0.1, 0.15) is 40.7 Å². The number of nitrogens with zero attached hydrogens (tertiary/aromatic N) is 1. The van der Waals surface area contributed by atoms with Crippen molar-refractivity contribution in [1.82, 2.24) is 4.90 Å². The Kier molecular flexibility index (Phi) is 2.81. The van der Waals surface area contributed by atoms with Crippen LogP contribution in [0.5, 0.6) is 0 Å². The highest BCUT2D eigenvalue weighted by Crippen LogP contribution is 2.55. The van der Waals surface area contributed by atoms with E-state index >= 15 is 0 Å². The second-order valence-electron chi connectivity index (χ2n) is 6.64. The van der Waals surface area contributed by atoms with Crippen LogP contribution in [0.15, 0.2) is 18.2 Å². The third kappa shape index (κ3) is 2.33. The van der Waals surface area contributed by atoms with E-state index in [-0.39, 0.29) is 5.92 Å². The van der Waals surface area contributed by atoms with Crippen molar-refractivity contribution in [2.75, 3.05) is 6.54 Å². The van der Waals surface area contributed by atoms with Crippen molar-refractivity contribution in [1.29, 1.82) is 0 Å². The summed E-state index contributed by atoms with van der Waals surface area (Å²) in [7, 11) is 0. The van der Waals surface area contributed by atoms with Gasteiger partial charge in [0.25, 0.3) is 0 Å². The molecule has 2 aliphatic carbocycles. The molecule has 4 nitrogen and oxygen atoms in total. The minimum absolute atomic E-state index is 0.252. The topological polar surface area (TPSA) is 57.6 Å². The van der Waals surface area contributed by atoms with Gasteiger partial charge in [-0.15, -0.1) is 0 Å². The van der Waals surface area contributed by atoms with E-state index in [1.54, 1.807) is 12.1 Å². The number of fused-ring (bicyclic) bond motifs is 1. The lowest BCUT2D eigenvalue weighted by Crippen LogP contribution is -2.37. The van der Waals surface area contributed by atoms with Crippen molar-refractivity contribution in [3.8, 4) is 0 Å². The zero-order valence-corrected chi connectivity index (χ0v) is 11.9. The van der Waals surface area contributed by atoms with Crippen molar-refractivity contribution in [2.45, 2.75) is 32.2 Å². The predicted molar refractivity (Wildman–Crippen MR) is 76.8 cm³/mol. The number of rotatable bonds is 3. The van der Waals surface area contributed by atoms with Crippen LogP contribution in [0, 0.1) is 17.8 Å². The summed E-state index contributed by atoms with van der Waals surface area (Å²) in [5.74, 6) is 1.09. The summed E-state index contributed by atoms with van der Waals surface area (Å²) < 4.78 is 0. The Bertz CT molecular complexity index is 620. The molecule has 2 saturated carbocycles. The van der Waals surface area contributed by atoms with Crippen LogP contribution in [-0.4, -0.2) is 28.4 Å². The first kappa shape index (κ1) is 12.9. The first-order valence-corrected chi connectivity index (χ1v) is 7.77. The van der Waals surface area contributed by atoms with Crippen LogP contribution in [0.3, 0.4) is 0 Å². The van der Waals surface area contributed by atoms with Crippen LogP contribution < -0.4 is 0 Å². The lowest BCUT2D eigenvalue weighted by molar-refractivity contribution is -0.133. The van der Waals surface area contributed by atoms with E-state index in [1.807, 2.05) is 11.0 Å². The van der Waals surface area contributed by atoms with Crippen LogP contribution >= 0.6 is 0 Å². The summed E-state index contributed by atoms with van der Waals surface area (Å²) in [4.78, 5) is 25.5. The summed E-state index contributed by atoms with van der Waals surface area (Å²) in [5, 5.41) is 9.08. The Hall–Kier alpha value is -1.84. The second kappa shape index (κ2) is 4.58. The van der Waals surface area contributed by atoms with E-state index in [0.29, 0.717) is 23.9 Å². The fraction of sp³-hybridized carbons (Fsp3) is 0.529. The van der Waals surface area contributed by atoms with Gasteiger partial charge in [-0.1, -0.05) is 6.07 Å². The van der Waals surface area contributed by atoms with E-state index in [9.17, 15) is 9.59 Å². The van der Waals surface area contributed by atoms with Gasteiger partial charge < -0.3 is 10.0 Å². The Morgan fingerprint density at radius 1 is 1.19 bits per heavy atom. The number of carboxylic acid groups (broad SMARTS) is 1. The van der Waals surface area contributed by atoms with Crippen molar-refractivity contribution in [2.24, 2.45) is 17.8 Å². The number of hydrogen-bond donors (Lipinski definition) is 1. The summed E-state index contributed by atoms with van der Waals surface area (Å²) in [5.41, 5.74) is 2.49. The number of benzene rings is 1. The largest absolute Gasteiger partial charge is 0.478 e. The van der Waals surface area contributed by atoms with E-state index in [2.05, 4.69) is 0 Å². The number of carbonyl (C=O) groups excluding carboxylic acids is 1. The molecule has 2 fully saturated rings. The Labute approximate surface area is 123 Å². The molecule has 3 aliphatic rings. The van der Waals surface area contributed by atoms with Crippen molar-refractivity contribution in [3.63, 3.8) is 0 Å². The molecule has 21 heavy (non-hydrogen) atoms. The third-order valence-electron chi connectivity index (χ3n) is 5.16. The molecule has 1 amide bonds. The highest BCUT2D eigenvalue weighted by atomic mass is 16.4. The highest BCUT2D eigenvalue weighted by Gasteiger charge is 2.52. The molecular formula is C17H19NO3. The van der Waals surface area contributed by atoms with E-state index < -0.39 is 5.97 Å². The lowest BCUT2D eigenvalue weighted by atomic mass is 9.97. The molecule has 2 unspecified atom stereocenters. The smallest absolute Gasteiger partial charge is 0.335 e. The molecule has 1 heterocycles. The first-order valence-electron chi connectivity index (χ1n) is 7.77. The molecule has 4 heteroatoms. The fourth-order valence-corrected chi connectivity index (χ4v) is 3.66. The summed E-state index contributed by atoms with van der Waals surface area (Å²) in [6, 6.07) is 5.27. The van der Waals surface area contributed by atoms with Crippen LogP contribution in [0.2, 0.25) is 0 Å². The number of aromatic carboxylic acids is 1. The van der Waals surface area contributed by atoms with Gasteiger partial charge in [-0.2, -0.15) is 0 Å². The van der Waals surface area contributed by atoms with Crippen molar-refractivity contribution >= 4 is 11.9 Å².